The molecule has 1 unspecified atom stereocenters. The van der Waals surface area contributed by atoms with E-state index in [-0.39, 0.29) is 5.91 Å². The fraction of sp³-hybridized carbons (Fsp3) is 0.667. The van der Waals surface area contributed by atoms with E-state index in [0.29, 0.717) is 24.9 Å². The molecule has 2 saturated heterocycles. The highest BCUT2D eigenvalue weighted by molar-refractivity contribution is 5.79. The van der Waals surface area contributed by atoms with Crippen molar-refractivity contribution in [2.45, 2.75) is 52.2 Å². The Morgan fingerprint density at radius 3 is 2.42 bits per heavy atom. The number of hydrogen-bond acceptors (Lipinski definition) is 4. The van der Waals surface area contributed by atoms with Crippen LogP contribution in [0.1, 0.15) is 44.2 Å². The van der Waals surface area contributed by atoms with E-state index in [0.717, 1.165) is 64.7 Å². The van der Waals surface area contributed by atoms with Crippen molar-refractivity contribution in [1.82, 2.24) is 20.4 Å². The lowest BCUT2D eigenvalue weighted by Crippen LogP contribution is -2.50. The summed E-state index contributed by atoms with van der Waals surface area (Å²) in [5, 5.41) is 6.95. The summed E-state index contributed by atoms with van der Waals surface area (Å²) in [6, 6.07) is 8.98. The van der Waals surface area contributed by atoms with Crippen LogP contribution < -0.4 is 10.6 Å². The molecule has 0 saturated carbocycles. The van der Waals surface area contributed by atoms with Crippen molar-refractivity contribution < 1.29 is 9.53 Å². The van der Waals surface area contributed by atoms with Crippen molar-refractivity contribution >= 4 is 11.9 Å². The van der Waals surface area contributed by atoms with E-state index >= 15 is 0 Å². The van der Waals surface area contributed by atoms with E-state index in [1.165, 1.54) is 11.1 Å². The molecule has 2 heterocycles. The molecule has 1 aromatic rings. The summed E-state index contributed by atoms with van der Waals surface area (Å²) in [4.78, 5) is 20.7. The Morgan fingerprint density at radius 1 is 1.10 bits per heavy atom. The molecule has 0 radical (unpaired) electrons. The van der Waals surface area contributed by atoms with Crippen LogP contribution in [0, 0.1) is 5.92 Å². The number of ether oxygens (including phenoxy) is 1. The summed E-state index contributed by atoms with van der Waals surface area (Å²) < 4.78 is 5.52. The van der Waals surface area contributed by atoms with Crippen LogP contribution in [0.5, 0.6) is 0 Å². The summed E-state index contributed by atoms with van der Waals surface area (Å²) in [5.74, 6) is 1.75. The van der Waals surface area contributed by atoms with Crippen molar-refractivity contribution in [2.24, 2.45) is 10.9 Å². The van der Waals surface area contributed by atoms with Crippen LogP contribution in [0.25, 0.3) is 0 Å². The molecule has 31 heavy (non-hydrogen) atoms. The third-order valence-corrected chi connectivity index (χ3v) is 6.06. The van der Waals surface area contributed by atoms with E-state index in [4.69, 9.17) is 4.74 Å². The lowest BCUT2D eigenvalue weighted by Gasteiger charge is -2.35. The molecular weight excluding hydrogens is 390 g/mol. The molecule has 1 aromatic carbocycles. The summed E-state index contributed by atoms with van der Waals surface area (Å²) >= 11 is 0. The minimum absolute atomic E-state index is 0.272. The van der Waals surface area contributed by atoms with Crippen LogP contribution in [0.4, 0.5) is 0 Å². The second-order valence-corrected chi connectivity index (χ2v) is 8.97. The zero-order chi connectivity index (χ0) is 22.1. The minimum Gasteiger partial charge on any atom is -0.379 e. The maximum Gasteiger partial charge on any atom is 0.222 e. The Balaban J connectivity index is 1.46. The largest absolute Gasteiger partial charge is 0.379 e. The fourth-order valence-electron chi connectivity index (χ4n) is 4.32. The molecule has 2 N–H and O–H groups in total. The molecule has 0 spiro atoms. The Kier molecular flexibility index (Phi) is 9.15. The van der Waals surface area contributed by atoms with Gasteiger partial charge in [-0.05, 0) is 29.9 Å². The Hall–Kier alpha value is -2.12. The van der Waals surface area contributed by atoms with Crippen LogP contribution >= 0.6 is 0 Å². The number of nitrogens with one attached hydrogen (secondary N) is 2. The zero-order valence-electron chi connectivity index (χ0n) is 19.4. The normalized spacial score (nSPS) is 19.2. The first-order chi connectivity index (χ1) is 15.0. The van der Waals surface area contributed by atoms with E-state index in [1.54, 1.807) is 0 Å². The zero-order valence-corrected chi connectivity index (χ0v) is 19.4. The van der Waals surface area contributed by atoms with Gasteiger partial charge >= 0.3 is 0 Å². The highest BCUT2D eigenvalue weighted by atomic mass is 16.5. The average Bonchev–Trinajstić information content (AvgIpc) is 3.18. The second kappa shape index (κ2) is 12.1. The Bertz CT molecular complexity index is 713. The van der Waals surface area contributed by atoms with Crippen LogP contribution in [0.2, 0.25) is 0 Å². The van der Waals surface area contributed by atoms with Gasteiger partial charge < -0.3 is 20.3 Å². The number of benzene rings is 1. The molecule has 2 aliphatic rings. The van der Waals surface area contributed by atoms with E-state index < -0.39 is 0 Å². The number of carbonyl (C=O) groups excluding carboxylic acids is 1. The van der Waals surface area contributed by atoms with Gasteiger partial charge in [-0.3, -0.25) is 14.7 Å². The molecular formula is C24H39N5O2. The fourth-order valence-corrected chi connectivity index (χ4v) is 4.32. The van der Waals surface area contributed by atoms with Crippen molar-refractivity contribution in [3.05, 3.63) is 35.4 Å². The van der Waals surface area contributed by atoms with E-state index in [1.807, 2.05) is 11.9 Å². The van der Waals surface area contributed by atoms with Gasteiger partial charge in [-0.25, -0.2) is 0 Å². The molecule has 0 aromatic heterocycles. The number of morpholine rings is 1. The molecule has 0 aliphatic carbocycles. The number of carbonyl (C=O) groups is 1. The Morgan fingerprint density at radius 2 is 1.81 bits per heavy atom. The van der Waals surface area contributed by atoms with Gasteiger partial charge in [0.2, 0.25) is 5.91 Å². The summed E-state index contributed by atoms with van der Waals surface area (Å²) in [5.41, 5.74) is 2.38. The maximum atomic E-state index is 11.8. The predicted molar refractivity (Wildman–Crippen MR) is 125 cm³/mol. The standard InChI is InChI=1S/C24H39N5O2/c1-19(2)15-22(28-11-13-31-14-12-28)17-27-24(25-3)26-16-20-6-8-21(9-7-20)18-29-10-4-5-23(29)30/h6-9,19,22H,4-5,10-18H2,1-3H3,(H2,25,26,27). The number of amides is 1. The van der Waals surface area contributed by atoms with Crippen molar-refractivity contribution in [2.75, 3.05) is 46.4 Å². The van der Waals surface area contributed by atoms with Crippen molar-refractivity contribution in [1.29, 1.82) is 0 Å². The number of hydrogen-bond donors (Lipinski definition) is 2. The smallest absolute Gasteiger partial charge is 0.222 e. The molecule has 172 valence electrons. The first kappa shape index (κ1) is 23.5. The molecule has 7 nitrogen and oxygen atoms in total. The second-order valence-electron chi connectivity index (χ2n) is 8.97. The number of rotatable bonds is 9. The highest BCUT2D eigenvalue weighted by Gasteiger charge is 2.22. The number of aliphatic imine (C=N–C) groups is 1. The average molecular weight is 430 g/mol. The van der Waals surface area contributed by atoms with Crippen molar-refractivity contribution in [3.8, 4) is 0 Å². The molecule has 7 heteroatoms. The van der Waals surface area contributed by atoms with Gasteiger partial charge in [0.25, 0.3) is 0 Å². The number of likely N-dealkylation sites (tertiary alicyclic amines) is 1. The Labute approximate surface area is 187 Å². The van der Waals surface area contributed by atoms with Gasteiger partial charge in [0.15, 0.2) is 5.96 Å². The monoisotopic (exact) mass is 429 g/mol. The molecule has 2 aliphatic heterocycles. The van der Waals surface area contributed by atoms with Crippen molar-refractivity contribution in [3.63, 3.8) is 0 Å². The molecule has 3 rings (SSSR count). The molecule has 1 amide bonds. The quantitative estimate of drug-likeness (QED) is 0.465. The summed E-state index contributed by atoms with van der Waals surface area (Å²) in [6.07, 6.45) is 2.83. The van der Waals surface area contributed by atoms with Gasteiger partial charge in [0, 0.05) is 58.8 Å². The van der Waals surface area contributed by atoms with Crippen LogP contribution in [-0.4, -0.2) is 74.1 Å². The van der Waals surface area contributed by atoms with Crippen LogP contribution in [0.3, 0.4) is 0 Å². The molecule has 0 bridgehead atoms. The minimum atomic E-state index is 0.272. The van der Waals surface area contributed by atoms with Crippen LogP contribution in [0.15, 0.2) is 29.3 Å². The van der Waals surface area contributed by atoms with Crippen LogP contribution in [-0.2, 0) is 22.6 Å². The van der Waals surface area contributed by atoms with Gasteiger partial charge in [0.05, 0.1) is 13.2 Å². The number of nitrogens with zero attached hydrogens (tertiary/aromatic N) is 3. The van der Waals surface area contributed by atoms with Gasteiger partial charge in [-0.2, -0.15) is 0 Å². The van der Waals surface area contributed by atoms with E-state index in [2.05, 4.69) is 58.6 Å². The van der Waals surface area contributed by atoms with Gasteiger partial charge in [-0.1, -0.05) is 38.1 Å². The third kappa shape index (κ3) is 7.51. The molecule has 2 fully saturated rings. The lowest BCUT2D eigenvalue weighted by atomic mass is 10.0. The molecule has 1 atom stereocenters. The third-order valence-electron chi connectivity index (χ3n) is 6.06. The maximum absolute atomic E-state index is 11.8. The highest BCUT2D eigenvalue weighted by Crippen LogP contribution is 2.15. The summed E-state index contributed by atoms with van der Waals surface area (Å²) in [7, 11) is 1.82. The SMILES string of the molecule is CN=C(NCc1ccc(CN2CCCC2=O)cc1)NCC(CC(C)C)N1CCOCC1. The topological polar surface area (TPSA) is 69.2 Å². The lowest BCUT2D eigenvalue weighted by molar-refractivity contribution is -0.128. The summed E-state index contributed by atoms with van der Waals surface area (Å²) in [6.45, 7) is 11.4. The predicted octanol–water partition coefficient (Wildman–Crippen LogP) is 2.22. The van der Waals surface area contributed by atoms with Gasteiger partial charge in [-0.15, -0.1) is 0 Å². The number of guanidine groups is 1. The first-order valence-electron chi connectivity index (χ1n) is 11.7. The van der Waals surface area contributed by atoms with E-state index in [9.17, 15) is 4.79 Å². The first-order valence-corrected chi connectivity index (χ1v) is 11.7. The van der Waals surface area contributed by atoms with Gasteiger partial charge in [0.1, 0.15) is 0 Å².